The third kappa shape index (κ3) is 3.10. The lowest BCUT2D eigenvalue weighted by Gasteiger charge is -2.33. The minimum atomic E-state index is -1.19. The molecule has 1 fully saturated rings. The van der Waals surface area contributed by atoms with Gasteiger partial charge in [-0.3, -0.25) is 9.59 Å². The number of carbonyl (C=O) groups excluding carboxylic acids is 2. The van der Waals surface area contributed by atoms with Crippen molar-refractivity contribution < 1.29 is 19.1 Å². The standard InChI is InChI=1S/C15H17BrO4/c1-2-20-14(18)15(10-19-8-7-13(15)17)9-11-3-5-12(16)6-4-11/h3-6H,2,7-10H2,1H3. The summed E-state index contributed by atoms with van der Waals surface area (Å²) in [7, 11) is 0. The Bertz CT molecular complexity index is 497. The van der Waals surface area contributed by atoms with Crippen LogP contribution >= 0.6 is 15.9 Å². The van der Waals surface area contributed by atoms with Gasteiger partial charge in [-0.1, -0.05) is 28.1 Å². The first-order valence-corrected chi connectivity index (χ1v) is 7.40. The number of benzene rings is 1. The molecule has 0 radical (unpaired) electrons. The minimum Gasteiger partial charge on any atom is -0.465 e. The van der Waals surface area contributed by atoms with E-state index in [9.17, 15) is 9.59 Å². The van der Waals surface area contributed by atoms with Crippen molar-refractivity contribution in [2.45, 2.75) is 19.8 Å². The number of esters is 1. The van der Waals surface area contributed by atoms with Crippen molar-refractivity contribution in [2.24, 2.45) is 5.41 Å². The Balaban J connectivity index is 2.28. The molecule has 108 valence electrons. The quantitative estimate of drug-likeness (QED) is 0.624. The highest BCUT2D eigenvalue weighted by Gasteiger charge is 2.48. The lowest BCUT2D eigenvalue weighted by atomic mass is 9.76. The second kappa shape index (κ2) is 6.50. The molecule has 5 heteroatoms. The molecule has 0 bridgehead atoms. The number of Topliss-reactive ketones (excluding diaryl/α,β-unsaturated/α-hetero) is 1. The van der Waals surface area contributed by atoms with Crippen LogP contribution in [0.4, 0.5) is 0 Å². The minimum absolute atomic E-state index is 0.0925. The van der Waals surface area contributed by atoms with Crippen LogP contribution in [-0.4, -0.2) is 31.6 Å². The van der Waals surface area contributed by atoms with Crippen LogP contribution in [0.5, 0.6) is 0 Å². The van der Waals surface area contributed by atoms with Gasteiger partial charge >= 0.3 is 5.97 Å². The molecule has 2 rings (SSSR count). The van der Waals surface area contributed by atoms with Gasteiger partial charge in [0.2, 0.25) is 0 Å². The third-order valence-corrected chi connectivity index (χ3v) is 3.97. The molecule has 1 saturated heterocycles. The van der Waals surface area contributed by atoms with Gasteiger partial charge in [-0.2, -0.15) is 0 Å². The Kier molecular flexibility index (Phi) is 4.94. The summed E-state index contributed by atoms with van der Waals surface area (Å²) in [4.78, 5) is 24.6. The van der Waals surface area contributed by atoms with E-state index in [0.29, 0.717) is 13.0 Å². The van der Waals surface area contributed by atoms with E-state index in [1.54, 1.807) is 6.92 Å². The summed E-state index contributed by atoms with van der Waals surface area (Å²) in [6.45, 7) is 2.47. The lowest BCUT2D eigenvalue weighted by Crippen LogP contribution is -2.49. The second-order valence-electron chi connectivity index (χ2n) is 4.83. The van der Waals surface area contributed by atoms with E-state index >= 15 is 0 Å². The molecule has 1 aliphatic heterocycles. The zero-order chi connectivity index (χ0) is 14.6. The summed E-state index contributed by atoms with van der Waals surface area (Å²) < 4.78 is 11.4. The summed E-state index contributed by atoms with van der Waals surface area (Å²) >= 11 is 3.37. The van der Waals surface area contributed by atoms with Crippen LogP contribution < -0.4 is 0 Å². The Morgan fingerprint density at radius 3 is 2.70 bits per heavy atom. The van der Waals surface area contributed by atoms with Gasteiger partial charge < -0.3 is 9.47 Å². The van der Waals surface area contributed by atoms with Crippen molar-refractivity contribution in [3.8, 4) is 0 Å². The lowest BCUT2D eigenvalue weighted by molar-refractivity contribution is -0.169. The largest absolute Gasteiger partial charge is 0.465 e. The van der Waals surface area contributed by atoms with Crippen molar-refractivity contribution in [2.75, 3.05) is 19.8 Å². The maximum atomic E-state index is 12.3. The Morgan fingerprint density at radius 2 is 2.10 bits per heavy atom. The average molecular weight is 341 g/mol. The maximum absolute atomic E-state index is 12.3. The van der Waals surface area contributed by atoms with E-state index < -0.39 is 11.4 Å². The van der Waals surface area contributed by atoms with Gasteiger partial charge in [0.25, 0.3) is 0 Å². The molecule has 1 aliphatic rings. The molecular weight excluding hydrogens is 324 g/mol. The first-order chi connectivity index (χ1) is 9.58. The van der Waals surface area contributed by atoms with Crippen molar-refractivity contribution in [3.05, 3.63) is 34.3 Å². The normalized spacial score (nSPS) is 22.6. The molecule has 0 spiro atoms. The number of ether oxygens (including phenoxy) is 2. The molecular formula is C15H17BrO4. The van der Waals surface area contributed by atoms with E-state index in [0.717, 1.165) is 10.0 Å². The predicted molar refractivity (Wildman–Crippen MR) is 77.4 cm³/mol. The van der Waals surface area contributed by atoms with Gasteiger partial charge in [-0.15, -0.1) is 0 Å². The van der Waals surface area contributed by atoms with Crippen LogP contribution in [0, 0.1) is 5.41 Å². The number of hydrogen-bond donors (Lipinski definition) is 0. The Labute approximate surface area is 126 Å². The summed E-state index contributed by atoms with van der Waals surface area (Å²) in [5.41, 5.74) is -0.276. The molecule has 0 N–H and O–H groups in total. The second-order valence-corrected chi connectivity index (χ2v) is 5.75. The van der Waals surface area contributed by atoms with Crippen molar-refractivity contribution in [1.29, 1.82) is 0 Å². The van der Waals surface area contributed by atoms with Crippen LogP contribution in [0.1, 0.15) is 18.9 Å². The number of rotatable bonds is 4. The summed E-state index contributed by atoms with van der Waals surface area (Å²) in [6.07, 6.45) is 0.577. The average Bonchev–Trinajstić information content (AvgIpc) is 2.44. The maximum Gasteiger partial charge on any atom is 0.322 e. The molecule has 1 aromatic carbocycles. The predicted octanol–water partition coefficient (Wildman–Crippen LogP) is 2.53. The van der Waals surface area contributed by atoms with Crippen molar-refractivity contribution in [1.82, 2.24) is 0 Å². The molecule has 1 atom stereocenters. The third-order valence-electron chi connectivity index (χ3n) is 3.44. The van der Waals surface area contributed by atoms with Crippen molar-refractivity contribution >= 4 is 27.7 Å². The molecule has 1 heterocycles. The van der Waals surface area contributed by atoms with E-state index in [1.165, 1.54) is 0 Å². The topological polar surface area (TPSA) is 52.6 Å². The SMILES string of the molecule is CCOC(=O)C1(Cc2ccc(Br)cc2)COCCC1=O. The first kappa shape index (κ1) is 15.2. The van der Waals surface area contributed by atoms with E-state index in [4.69, 9.17) is 9.47 Å². The monoisotopic (exact) mass is 340 g/mol. The van der Waals surface area contributed by atoms with E-state index in [1.807, 2.05) is 24.3 Å². The first-order valence-electron chi connectivity index (χ1n) is 6.61. The van der Waals surface area contributed by atoms with Gasteiger partial charge in [-0.05, 0) is 31.0 Å². The summed E-state index contributed by atoms with van der Waals surface area (Å²) in [6, 6.07) is 7.57. The molecule has 0 amide bonds. The van der Waals surface area contributed by atoms with Crippen molar-refractivity contribution in [3.63, 3.8) is 0 Å². The number of ketones is 1. The molecule has 1 aromatic rings. The summed E-state index contributed by atoms with van der Waals surface area (Å²) in [5, 5.41) is 0. The summed E-state index contributed by atoms with van der Waals surface area (Å²) in [5.74, 6) is -0.572. The molecule has 0 aliphatic carbocycles. The van der Waals surface area contributed by atoms with Crippen LogP contribution in [-0.2, 0) is 25.5 Å². The van der Waals surface area contributed by atoms with E-state index in [-0.39, 0.29) is 25.4 Å². The van der Waals surface area contributed by atoms with Crippen LogP contribution in [0.25, 0.3) is 0 Å². The van der Waals surface area contributed by atoms with Crippen LogP contribution in [0.15, 0.2) is 28.7 Å². The molecule has 0 saturated carbocycles. The van der Waals surface area contributed by atoms with Gasteiger partial charge in [0, 0.05) is 10.9 Å². The fourth-order valence-corrected chi connectivity index (χ4v) is 2.61. The highest BCUT2D eigenvalue weighted by Crippen LogP contribution is 2.31. The Hall–Kier alpha value is -1.20. The van der Waals surface area contributed by atoms with E-state index in [2.05, 4.69) is 15.9 Å². The fraction of sp³-hybridized carbons (Fsp3) is 0.467. The van der Waals surface area contributed by atoms with Gasteiger partial charge in [-0.25, -0.2) is 0 Å². The molecule has 20 heavy (non-hydrogen) atoms. The number of halogens is 1. The molecule has 0 aromatic heterocycles. The zero-order valence-electron chi connectivity index (χ0n) is 11.4. The van der Waals surface area contributed by atoms with Crippen LogP contribution in [0.2, 0.25) is 0 Å². The van der Waals surface area contributed by atoms with Crippen LogP contribution in [0.3, 0.4) is 0 Å². The fourth-order valence-electron chi connectivity index (χ4n) is 2.35. The van der Waals surface area contributed by atoms with Gasteiger partial charge in [0.1, 0.15) is 0 Å². The molecule has 4 nitrogen and oxygen atoms in total. The highest BCUT2D eigenvalue weighted by atomic mass is 79.9. The number of hydrogen-bond acceptors (Lipinski definition) is 4. The van der Waals surface area contributed by atoms with Gasteiger partial charge in [0.15, 0.2) is 11.2 Å². The number of carbonyl (C=O) groups is 2. The smallest absolute Gasteiger partial charge is 0.322 e. The molecule has 1 unspecified atom stereocenters. The Morgan fingerprint density at radius 1 is 1.40 bits per heavy atom. The van der Waals surface area contributed by atoms with Gasteiger partial charge in [0.05, 0.1) is 19.8 Å². The highest BCUT2D eigenvalue weighted by molar-refractivity contribution is 9.10. The zero-order valence-corrected chi connectivity index (χ0v) is 12.9.